The van der Waals surface area contributed by atoms with E-state index in [2.05, 4.69) is 9.05 Å². The van der Waals surface area contributed by atoms with Crippen molar-refractivity contribution in [3.05, 3.63) is 0 Å². The SMILES string of the molecule is C[N+](C)(C)CCOP(=O)([O-])OC1(O)[C@H](O)[C@H](O)C(O)[C@H](O)[C@H]1O. The van der Waals surface area contributed by atoms with Crippen molar-refractivity contribution in [3.8, 4) is 0 Å². The molecule has 3 unspecified atom stereocenters. The van der Waals surface area contributed by atoms with Gasteiger partial charge in [0.05, 0.1) is 21.1 Å². The minimum Gasteiger partial charge on any atom is -0.756 e. The van der Waals surface area contributed by atoms with Crippen molar-refractivity contribution in [3.63, 3.8) is 0 Å². The van der Waals surface area contributed by atoms with Crippen molar-refractivity contribution in [2.24, 2.45) is 0 Å². The molecule has 1 saturated carbocycles. The largest absolute Gasteiger partial charge is 0.756 e. The molecule has 0 aromatic heterocycles. The van der Waals surface area contributed by atoms with Crippen molar-refractivity contribution < 1.29 is 53.6 Å². The van der Waals surface area contributed by atoms with Gasteiger partial charge in [0.25, 0.3) is 7.82 Å². The second-order valence-corrected chi connectivity index (χ2v) is 7.83. The summed E-state index contributed by atoms with van der Waals surface area (Å²) in [6, 6.07) is 0. The van der Waals surface area contributed by atoms with Crippen molar-refractivity contribution in [1.29, 1.82) is 0 Å². The molecule has 1 aliphatic rings. The Morgan fingerprint density at radius 3 is 1.87 bits per heavy atom. The highest BCUT2D eigenvalue weighted by atomic mass is 31.2. The Balaban J connectivity index is 2.84. The van der Waals surface area contributed by atoms with Gasteiger partial charge in [-0.05, 0) is 0 Å². The molecular formula is C11H24NO10P. The van der Waals surface area contributed by atoms with E-state index in [-0.39, 0.29) is 13.2 Å². The molecule has 1 rings (SSSR count). The predicted molar refractivity (Wildman–Crippen MR) is 72.5 cm³/mol. The van der Waals surface area contributed by atoms with Crippen LogP contribution in [0.4, 0.5) is 0 Å². The maximum absolute atomic E-state index is 11.7. The summed E-state index contributed by atoms with van der Waals surface area (Å²) in [5.41, 5.74) is 0. The number of phosphoric acid groups is 1. The molecule has 0 aromatic rings. The fourth-order valence-electron chi connectivity index (χ4n) is 1.98. The van der Waals surface area contributed by atoms with Gasteiger partial charge in [-0.2, -0.15) is 0 Å². The number of nitrogens with zero attached hydrogens (tertiary/aromatic N) is 1. The van der Waals surface area contributed by atoms with Gasteiger partial charge in [-0.15, -0.1) is 0 Å². The third-order valence-corrected chi connectivity index (χ3v) is 4.48. The molecule has 1 fully saturated rings. The molecule has 1 aliphatic carbocycles. The van der Waals surface area contributed by atoms with E-state index in [0.29, 0.717) is 4.48 Å². The topological polar surface area (TPSA) is 180 Å². The third kappa shape index (κ3) is 4.91. The van der Waals surface area contributed by atoms with E-state index in [1.807, 2.05) is 0 Å². The highest BCUT2D eigenvalue weighted by Crippen LogP contribution is 2.46. The molecule has 23 heavy (non-hydrogen) atoms. The number of aliphatic hydroxyl groups excluding tert-OH is 5. The van der Waals surface area contributed by atoms with E-state index in [1.54, 1.807) is 21.1 Å². The molecule has 0 amide bonds. The summed E-state index contributed by atoms with van der Waals surface area (Å²) in [5, 5.41) is 57.8. The standard InChI is InChI=1S/C11H24NO10P/c1-12(2,3)4-5-21-23(19,20)22-11(18)9(16)7(14)6(13)8(15)10(11)17/h6-10,13-18H,4-5H2,1-3H3/t6?,7-,8+,9-,10-,11?/m1/s1. The molecule has 6 N–H and O–H groups in total. The Bertz CT molecular complexity index is 439. The molecule has 11 nitrogen and oxygen atoms in total. The van der Waals surface area contributed by atoms with Crippen LogP contribution >= 0.6 is 7.82 Å². The van der Waals surface area contributed by atoms with Crippen LogP contribution in [0.3, 0.4) is 0 Å². The summed E-state index contributed by atoms with van der Waals surface area (Å²) >= 11 is 0. The fraction of sp³-hybridized carbons (Fsp3) is 1.00. The normalized spacial score (nSPS) is 41.6. The van der Waals surface area contributed by atoms with Crippen molar-refractivity contribution in [2.75, 3.05) is 34.3 Å². The van der Waals surface area contributed by atoms with E-state index in [1.165, 1.54) is 0 Å². The Morgan fingerprint density at radius 2 is 1.48 bits per heavy atom. The first kappa shape index (κ1) is 20.9. The van der Waals surface area contributed by atoms with E-state index >= 15 is 0 Å². The molecule has 0 spiro atoms. The number of phosphoric ester groups is 1. The van der Waals surface area contributed by atoms with Gasteiger partial charge in [-0.1, -0.05) is 0 Å². The van der Waals surface area contributed by atoms with Gasteiger partial charge in [-0.3, -0.25) is 9.09 Å². The molecule has 0 saturated heterocycles. The van der Waals surface area contributed by atoms with Crippen LogP contribution in [0, 0.1) is 0 Å². The molecule has 12 heteroatoms. The molecule has 138 valence electrons. The van der Waals surface area contributed by atoms with Gasteiger partial charge in [0.2, 0.25) is 5.79 Å². The number of hydrogen-bond acceptors (Lipinski definition) is 10. The fourth-order valence-corrected chi connectivity index (χ4v) is 2.91. The Hall–Kier alpha value is -0.170. The Labute approximate surface area is 133 Å². The van der Waals surface area contributed by atoms with Crippen LogP contribution in [0.1, 0.15) is 0 Å². The lowest BCUT2D eigenvalue weighted by molar-refractivity contribution is -0.870. The predicted octanol–water partition coefficient (Wildman–Crippen LogP) is -4.30. The average Bonchev–Trinajstić information content (AvgIpc) is 2.39. The maximum Gasteiger partial charge on any atom is 0.270 e. The lowest BCUT2D eigenvalue weighted by atomic mass is 9.82. The zero-order valence-electron chi connectivity index (χ0n) is 13.0. The van der Waals surface area contributed by atoms with Crippen LogP contribution in [0.5, 0.6) is 0 Å². The molecule has 0 aliphatic heterocycles. The molecule has 7 atom stereocenters. The molecule has 0 bridgehead atoms. The van der Waals surface area contributed by atoms with Crippen LogP contribution in [0.25, 0.3) is 0 Å². The van der Waals surface area contributed by atoms with Crippen LogP contribution in [-0.2, 0) is 13.6 Å². The number of hydrogen-bond donors (Lipinski definition) is 6. The van der Waals surface area contributed by atoms with Crippen LogP contribution in [-0.4, -0.2) is 106 Å². The van der Waals surface area contributed by atoms with E-state index in [0.717, 1.165) is 0 Å². The second kappa shape index (κ2) is 6.98. The number of aliphatic hydroxyl groups is 6. The number of quaternary nitrogens is 1. The summed E-state index contributed by atoms with van der Waals surface area (Å²) in [4.78, 5) is 11.7. The van der Waals surface area contributed by atoms with Crippen LogP contribution < -0.4 is 4.89 Å². The third-order valence-electron chi connectivity index (χ3n) is 3.46. The number of rotatable bonds is 6. The molecular weight excluding hydrogens is 337 g/mol. The summed E-state index contributed by atoms with van der Waals surface area (Å²) < 4.78 is 20.9. The van der Waals surface area contributed by atoms with Gasteiger partial charge in [-0.25, -0.2) is 0 Å². The van der Waals surface area contributed by atoms with Gasteiger partial charge in [0.1, 0.15) is 43.7 Å². The van der Waals surface area contributed by atoms with Crippen molar-refractivity contribution >= 4 is 7.82 Å². The van der Waals surface area contributed by atoms with E-state index < -0.39 is 44.1 Å². The highest BCUT2D eigenvalue weighted by molar-refractivity contribution is 7.45. The first-order valence-corrected chi connectivity index (χ1v) is 8.27. The Kier molecular flexibility index (Phi) is 6.34. The minimum absolute atomic E-state index is 0.267. The zero-order valence-corrected chi connectivity index (χ0v) is 13.9. The smallest absolute Gasteiger partial charge is 0.270 e. The lowest BCUT2D eigenvalue weighted by Gasteiger charge is -2.48. The summed E-state index contributed by atoms with van der Waals surface area (Å²) in [5.74, 6) is -3.27. The van der Waals surface area contributed by atoms with Crippen LogP contribution in [0.15, 0.2) is 0 Å². The summed E-state index contributed by atoms with van der Waals surface area (Å²) in [7, 11) is 0.128. The first-order valence-electron chi connectivity index (χ1n) is 6.81. The quantitative estimate of drug-likeness (QED) is 0.154. The average molecular weight is 361 g/mol. The molecule has 0 heterocycles. The van der Waals surface area contributed by atoms with Crippen molar-refractivity contribution in [1.82, 2.24) is 0 Å². The molecule has 0 aromatic carbocycles. The van der Waals surface area contributed by atoms with Gasteiger partial charge in [0, 0.05) is 0 Å². The zero-order chi connectivity index (χ0) is 18.2. The van der Waals surface area contributed by atoms with Crippen LogP contribution in [0.2, 0.25) is 0 Å². The van der Waals surface area contributed by atoms with Crippen molar-refractivity contribution in [2.45, 2.75) is 36.3 Å². The molecule has 0 radical (unpaired) electrons. The lowest BCUT2D eigenvalue weighted by Crippen LogP contribution is -2.71. The minimum atomic E-state index is -5.19. The first-order chi connectivity index (χ1) is 10.2. The van der Waals surface area contributed by atoms with E-state index in [4.69, 9.17) is 0 Å². The van der Waals surface area contributed by atoms with E-state index in [9.17, 15) is 40.1 Å². The monoisotopic (exact) mass is 361 g/mol. The highest BCUT2D eigenvalue weighted by Gasteiger charge is 2.60. The Morgan fingerprint density at radius 1 is 1.04 bits per heavy atom. The maximum atomic E-state index is 11.7. The van der Waals surface area contributed by atoms with Gasteiger partial charge in [0.15, 0.2) is 0 Å². The van der Waals surface area contributed by atoms with Gasteiger partial charge >= 0.3 is 0 Å². The van der Waals surface area contributed by atoms with Gasteiger partial charge < -0.3 is 44.5 Å². The summed E-state index contributed by atoms with van der Waals surface area (Å²) in [6.07, 6.45) is -11.1. The summed E-state index contributed by atoms with van der Waals surface area (Å²) in [6.45, 7) is -0.0383. The number of likely N-dealkylation sites (N-methyl/N-ethyl adjacent to an activating group) is 1. The second-order valence-electron chi connectivity index (χ2n) is 6.50.